The topological polar surface area (TPSA) is 72.2 Å². The van der Waals surface area contributed by atoms with E-state index in [1.165, 1.54) is 0 Å². The van der Waals surface area contributed by atoms with E-state index in [-0.39, 0.29) is 5.91 Å². The molecule has 0 aliphatic carbocycles. The van der Waals surface area contributed by atoms with E-state index in [1.54, 1.807) is 24.3 Å². The average Bonchev–Trinajstić information content (AvgIpc) is 2.47. The molecule has 0 radical (unpaired) electrons. The lowest BCUT2D eigenvalue weighted by Crippen LogP contribution is -2.45. The van der Waals surface area contributed by atoms with E-state index >= 15 is 0 Å². The van der Waals surface area contributed by atoms with Gasteiger partial charge in [-0.15, -0.1) is 0 Å². The Morgan fingerprint density at radius 2 is 1.86 bits per heavy atom. The molecule has 0 aliphatic rings. The number of amides is 2. The smallest absolute Gasteiger partial charge is 0.251 e. The van der Waals surface area contributed by atoms with E-state index in [9.17, 15) is 9.59 Å². The monoisotopic (exact) mass is 316 g/mol. The molecule has 5 heteroatoms. The number of carbonyl (C=O) groups excluding carboxylic acids is 2. The number of benzene rings is 2. The van der Waals surface area contributed by atoms with E-state index in [0.29, 0.717) is 17.0 Å². The molecule has 0 aliphatic heterocycles. The third-order valence-corrected chi connectivity index (χ3v) is 3.53. The molecule has 0 unspecified atom stereocenters. The van der Waals surface area contributed by atoms with Crippen LogP contribution in [0.4, 0.5) is 0 Å². The fourth-order valence-corrected chi connectivity index (χ4v) is 2.27. The summed E-state index contributed by atoms with van der Waals surface area (Å²) >= 11 is 5.79. The minimum atomic E-state index is -0.759. The summed E-state index contributed by atoms with van der Waals surface area (Å²) in [5, 5.41) is 3.21. The maximum atomic E-state index is 12.2. The Hall–Kier alpha value is -2.33. The molecule has 22 heavy (non-hydrogen) atoms. The van der Waals surface area contributed by atoms with E-state index < -0.39 is 11.9 Å². The van der Waals surface area contributed by atoms with Gasteiger partial charge in [0.2, 0.25) is 5.91 Å². The van der Waals surface area contributed by atoms with Crippen LogP contribution >= 0.6 is 11.6 Å². The summed E-state index contributed by atoms with van der Waals surface area (Å²) < 4.78 is 0. The Bertz CT molecular complexity index is 683. The highest BCUT2D eigenvalue weighted by Gasteiger charge is 2.19. The molecule has 0 fully saturated rings. The minimum Gasteiger partial charge on any atom is -0.368 e. The van der Waals surface area contributed by atoms with Crippen LogP contribution in [0.2, 0.25) is 5.02 Å². The molecule has 4 nitrogen and oxygen atoms in total. The van der Waals surface area contributed by atoms with Crippen LogP contribution in [0.25, 0.3) is 0 Å². The highest BCUT2D eigenvalue weighted by Crippen LogP contribution is 2.11. The maximum Gasteiger partial charge on any atom is 0.251 e. The molecule has 0 bridgehead atoms. The second-order valence-electron chi connectivity index (χ2n) is 5.13. The molecule has 0 heterocycles. The molecule has 2 aromatic rings. The van der Waals surface area contributed by atoms with Crippen LogP contribution in [-0.2, 0) is 11.2 Å². The molecular weight excluding hydrogens is 300 g/mol. The summed E-state index contributed by atoms with van der Waals surface area (Å²) in [6.07, 6.45) is 0.357. The maximum absolute atomic E-state index is 12.2. The number of nitrogens with one attached hydrogen (secondary N) is 1. The van der Waals surface area contributed by atoms with E-state index in [0.717, 1.165) is 11.1 Å². The molecule has 1 atom stereocenters. The van der Waals surface area contributed by atoms with Gasteiger partial charge in [0.1, 0.15) is 6.04 Å². The van der Waals surface area contributed by atoms with Gasteiger partial charge in [-0.3, -0.25) is 9.59 Å². The number of hydrogen-bond acceptors (Lipinski definition) is 2. The molecule has 2 aromatic carbocycles. The highest BCUT2D eigenvalue weighted by molar-refractivity contribution is 6.30. The lowest BCUT2D eigenvalue weighted by Gasteiger charge is -2.16. The fourth-order valence-electron chi connectivity index (χ4n) is 2.14. The normalized spacial score (nSPS) is 11.7. The zero-order valence-electron chi connectivity index (χ0n) is 12.2. The van der Waals surface area contributed by atoms with Gasteiger partial charge in [-0.2, -0.15) is 0 Å². The average molecular weight is 317 g/mol. The van der Waals surface area contributed by atoms with Gasteiger partial charge in [0.05, 0.1) is 0 Å². The van der Waals surface area contributed by atoms with Crippen molar-refractivity contribution in [2.24, 2.45) is 5.73 Å². The molecule has 114 valence electrons. The SMILES string of the molecule is Cc1cccc(C[C@H](NC(=O)c2ccc(Cl)cc2)C(N)=O)c1. The summed E-state index contributed by atoms with van der Waals surface area (Å²) in [5.74, 6) is -0.920. The number of nitrogens with two attached hydrogens (primary N) is 1. The van der Waals surface area contributed by atoms with Crippen LogP contribution in [0.5, 0.6) is 0 Å². The number of carbonyl (C=O) groups is 2. The van der Waals surface area contributed by atoms with Gasteiger partial charge >= 0.3 is 0 Å². The lowest BCUT2D eigenvalue weighted by molar-refractivity contribution is -0.119. The summed E-state index contributed by atoms with van der Waals surface area (Å²) in [5.41, 5.74) is 7.86. The number of rotatable bonds is 5. The van der Waals surface area contributed by atoms with Crippen molar-refractivity contribution in [1.29, 1.82) is 0 Å². The number of hydrogen-bond donors (Lipinski definition) is 2. The van der Waals surface area contributed by atoms with Gasteiger partial charge in [-0.1, -0.05) is 41.4 Å². The van der Waals surface area contributed by atoms with Crippen LogP contribution in [0, 0.1) is 6.92 Å². The van der Waals surface area contributed by atoms with Crippen LogP contribution < -0.4 is 11.1 Å². The van der Waals surface area contributed by atoms with Crippen LogP contribution in [0.3, 0.4) is 0 Å². The summed E-state index contributed by atoms with van der Waals surface area (Å²) in [6, 6.07) is 13.4. The third-order valence-electron chi connectivity index (χ3n) is 3.28. The molecule has 2 rings (SSSR count). The summed E-state index contributed by atoms with van der Waals surface area (Å²) in [7, 11) is 0. The van der Waals surface area contributed by atoms with Gasteiger partial charge in [0, 0.05) is 17.0 Å². The first-order valence-corrected chi connectivity index (χ1v) is 7.25. The van der Waals surface area contributed by atoms with Gasteiger partial charge in [0.25, 0.3) is 5.91 Å². The first kappa shape index (κ1) is 16.0. The van der Waals surface area contributed by atoms with Crippen molar-refractivity contribution in [3.05, 3.63) is 70.2 Å². The second-order valence-corrected chi connectivity index (χ2v) is 5.56. The summed E-state index contributed by atoms with van der Waals surface area (Å²) in [6.45, 7) is 1.97. The molecule has 3 N–H and O–H groups in total. The van der Waals surface area contributed by atoms with Gasteiger partial charge in [-0.25, -0.2) is 0 Å². The zero-order chi connectivity index (χ0) is 16.1. The Kier molecular flexibility index (Phi) is 5.17. The number of halogens is 1. The van der Waals surface area contributed by atoms with Gasteiger partial charge in [-0.05, 0) is 36.8 Å². The molecule has 0 spiro atoms. The standard InChI is InChI=1S/C17H17ClN2O2/c1-11-3-2-4-12(9-11)10-15(16(19)21)20-17(22)13-5-7-14(18)8-6-13/h2-9,15H,10H2,1H3,(H2,19,21)(H,20,22)/t15-/m0/s1. The van der Waals surface area contributed by atoms with Crippen molar-refractivity contribution in [3.8, 4) is 0 Å². The molecule has 2 amide bonds. The van der Waals surface area contributed by atoms with Crippen molar-refractivity contribution in [2.45, 2.75) is 19.4 Å². The Labute approximate surface area is 134 Å². The Morgan fingerprint density at radius 1 is 1.18 bits per heavy atom. The number of aryl methyl sites for hydroxylation is 1. The van der Waals surface area contributed by atoms with Crippen molar-refractivity contribution < 1.29 is 9.59 Å². The molecule has 0 aromatic heterocycles. The molecular formula is C17H17ClN2O2. The fraction of sp³-hybridized carbons (Fsp3) is 0.176. The van der Waals surface area contributed by atoms with Crippen molar-refractivity contribution in [3.63, 3.8) is 0 Å². The van der Waals surface area contributed by atoms with Gasteiger partial charge < -0.3 is 11.1 Å². The van der Waals surface area contributed by atoms with Crippen molar-refractivity contribution >= 4 is 23.4 Å². The van der Waals surface area contributed by atoms with E-state index in [2.05, 4.69) is 5.32 Å². The first-order valence-electron chi connectivity index (χ1n) is 6.87. The number of primary amides is 1. The first-order chi connectivity index (χ1) is 10.5. The second kappa shape index (κ2) is 7.09. The van der Waals surface area contributed by atoms with Crippen LogP contribution in [-0.4, -0.2) is 17.9 Å². The zero-order valence-corrected chi connectivity index (χ0v) is 12.9. The minimum absolute atomic E-state index is 0.354. The molecule has 0 saturated heterocycles. The Balaban J connectivity index is 2.10. The van der Waals surface area contributed by atoms with Crippen molar-refractivity contribution in [2.75, 3.05) is 0 Å². The van der Waals surface area contributed by atoms with E-state index in [1.807, 2.05) is 31.2 Å². The van der Waals surface area contributed by atoms with Gasteiger partial charge in [0.15, 0.2) is 0 Å². The predicted molar refractivity (Wildman–Crippen MR) is 86.8 cm³/mol. The summed E-state index contributed by atoms with van der Waals surface area (Å²) in [4.78, 5) is 23.8. The Morgan fingerprint density at radius 3 is 2.45 bits per heavy atom. The quantitative estimate of drug-likeness (QED) is 0.889. The largest absolute Gasteiger partial charge is 0.368 e. The van der Waals surface area contributed by atoms with Crippen LogP contribution in [0.1, 0.15) is 21.5 Å². The van der Waals surface area contributed by atoms with Crippen LogP contribution in [0.15, 0.2) is 48.5 Å². The van der Waals surface area contributed by atoms with E-state index in [4.69, 9.17) is 17.3 Å². The third kappa shape index (κ3) is 4.33. The molecule has 0 saturated carbocycles. The highest BCUT2D eigenvalue weighted by atomic mass is 35.5. The van der Waals surface area contributed by atoms with Crippen molar-refractivity contribution in [1.82, 2.24) is 5.32 Å². The predicted octanol–water partition coefficient (Wildman–Crippen LogP) is 2.47. The lowest BCUT2D eigenvalue weighted by atomic mass is 10.0.